The quantitative estimate of drug-likeness (QED) is 0.484. The van der Waals surface area contributed by atoms with Gasteiger partial charge in [0.15, 0.2) is 0 Å². The molecule has 0 aliphatic carbocycles. The van der Waals surface area contributed by atoms with Crippen LogP contribution in [-0.2, 0) is 9.59 Å². The topological polar surface area (TPSA) is 110 Å². The van der Waals surface area contributed by atoms with E-state index in [1.165, 1.54) is 12.4 Å². The Morgan fingerprint density at radius 3 is 2.21 bits per heavy atom. The van der Waals surface area contributed by atoms with E-state index in [4.69, 9.17) is 5.11 Å². The molecule has 10 heteroatoms. The molecule has 1 saturated heterocycles. The first kappa shape index (κ1) is 15.7. The van der Waals surface area contributed by atoms with E-state index >= 15 is 0 Å². The fraction of sp³-hybridized carbons (Fsp3) is 0.778. The molecule has 0 saturated carbocycles. The van der Waals surface area contributed by atoms with Gasteiger partial charge in [-0.05, 0) is 7.05 Å². The lowest BCUT2D eigenvalue weighted by Gasteiger charge is -2.42. The zero-order valence-corrected chi connectivity index (χ0v) is 9.76. The highest BCUT2D eigenvalue weighted by atomic mass is 19.4. The predicted octanol–water partition coefficient (Wildman–Crippen LogP) is -1.64. The number of rotatable bonds is 2. The van der Waals surface area contributed by atoms with Crippen LogP contribution in [0.25, 0.3) is 0 Å². The summed E-state index contributed by atoms with van der Waals surface area (Å²) >= 11 is 0. The molecule has 0 spiro atoms. The van der Waals surface area contributed by atoms with Crippen molar-refractivity contribution in [1.82, 2.24) is 10.2 Å². The van der Waals surface area contributed by atoms with Crippen molar-refractivity contribution >= 4 is 11.9 Å². The summed E-state index contributed by atoms with van der Waals surface area (Å²) in [5.74, 6) is -5.01. The Morgan fingerprint density at radius 2 is 1.79 bits per heavy atom. The largest absolute Gasteiger partial charge is 0.481 e. The third kappa shape index (κ3) is 3.33. The Morgan fingerprint density at radius 1 is 1.26 bits per heavy atom. The van der Waals surface area contributed by atoms with Crippen molar-refractivity contribution in [2.45, 2.75) is 24.6 Å². The molecule has 1 fully saturated rings. The highest BCUT2D eigenvalue weighted by Crippen LogP contribution is 2.22. The third-order valence-corrected chi connectivity index (χ3v) is 2.90. The third-order valence-electron chi connectivity index (χ3n) is 2.90. The number of nitrogens with one attached hydrogen (secondary N) is 1. The number of carbonyl (C=O) groups is 2. The van der Waals surface area contributed by atoms with Crippen LogP contribution in [0.5, 0.6) is 0 Å². The number of halogens is 3. The van der Waals surface area contributed by atoms with E-state index < -0.39 is 42.3 Å². The Balaban J connectivity index is 2.81. The highest BCUT2D eigenvalue weighted by molar-refractivity contribution is 5.82. The van der Waals surface area contributed by atoms with Crippen LogP contribution in [0, 0.1) is 5.92 Å². The van der Waals surface area contributed by atoms with Crippen molar-refractivity contribution in [1.29, 1.82) is 0 Å². The number of aliphatic hydroxyl groups excluding tert-OH is 2. The van der Waals surface area contributed by atoms with Crippen LogP contribution < -0.4 is 5.32 Å². The van der Waals surface area contributed by atoms with Gasteiger partial charge in [0.25, 0.3) is 0 Å². The van der Waals surface area contributed by atoms with E-state index in [1.54, 1.807) is 0 Å². The number of aliphatic hydroxyl groups is 2. The number of hydrogen-bond acceptors (Lipinski definition) is 5. The molecule has 1 amide bonds. The summed E-state index contributed by atoms with van der Waals surface area (Å²) in [5, 5.41) is 29.4. The second-order valence-electron chi connectivity index (χ2n) is 4.28. The minimum absolute atomic E-state index is 0.309. The predicted molar refractivity (Wildman–Crippen MR) is 53.8 cm³/mol. The molecule has 1 aliphatic rings. The SMILES string of the molecule is CN1CC(C(=O)O)[C@@H](O)C(O)C1NC(=O)C(F)(F)F. The molecule has 0 aromatic carbocycles. The van der Waals surface area contributed by atoms with Crippen LogP contribution in [0.1, 0.15) is 0 Å². The lowest BCUT2D eigenvalue weighted by molar-refractivity contribution is -0.182. The van der Waals surface area contributed by atoms with Crippen LogP contribution in [-0.4, -0.2) is 70.2 Å². The van der Waals surface area contributed by atoms with E-state index in [1.807, 2.05) is 0 Å². The number of hydrogen-bond donors (Lipinski definition) is 4. The van der Waals surface area contributed by atoms with Crippen LogP contribution in [0.2, 0.25) is 0 Å². The van der Waals surface area contributed by atoms with E-state index in [9.17, 15) is 33.0 Å². The number of amides is 1. The van der Waals surface area contributed by atoms with E-state index in [0.717, 1.165) is 4.90 Å². The number of aliphatic carboxylic acids is 1. The standard InChI is InChI=1S/C9H13F3N2O5/c1-14-2-3(7(17)18)4(15)5(16)6(14)13-8(19)9(10,11)12/h3-6,15-16H,2H2,1H3,(H,13,19)(H,17,18)/t3?,4-,5?,6?/m1/s1. The van der Waals surface area contributed by atoms with Gasteiger partial charge in [-0.2, -0.15) is 13.2 Å². The van der Waals surface area contributed by atoms with E-state index in [0.29, 0.717) is 0 Å². The lowest BCUT2D eigenvalue weighted by atomic mass is 9.90. The van der Waals surface area contributed by atoms with Gasteiger partial charge in [0, 0.05) is 6.54 Å². The normalized spacial score (nSPS) is 32.9. The molecular weight excluding hydrogens is 273 g/mol. The minimum Gasteiger partial charge on any atom is -0.481 e. The Bertz CT molecular complexity index is 375. The maximum absolute atomic E-state index is 12.1. The summed E-state index contributed by atoms with van der Waals surface area (Å²) in [7, 11) is 1.23. The smallest absolute Gasteiger partial charge is 0.471 e. The number of nitrogens with zero attached hydrogens (tertiary/aromatic N) is 1. The molecular formula is C9H13F3N2O5. The van der Waals surface area contributed by atoms with Gasteiger partial charge >= 0.3 is 18.1 Å². The second kappa shape index (κ2) is 5.31. The van der Waals surface area contributed by atoms with Gasteiger partial charge < -0.3 is 20.6 Å². The molecule has 1 aliphatic heterocycles. The number of carboxylic acids is 1. The molecule has 0 aromatic heterocycles. The molecule has 0 bridgehead atoms. The molecule has 4 N–H and O–H groups in total. The second-order valence-corrected chi connectivity index (χ2v) is 4.28. The molecule has 0 radical (unpaired) electrons. The van der Waals surface area contributed by atoms with Crippen LogP contribution >= 0.6 is 0 Å². The fourth-order valence-corrected chi connectivity index (χ4v) is 1.85. The van der Waals surface area contributed by atoms with Gasteiger partial charge in [-0.3, -0.25) is 14.5 Å². The summed E-state index contributed by atoms with van der Waals surface area (Å²) in [5.41, 5.74) is 0. The summed E-state index contributed by atoms with van der Waals surface area (Å²) in [4.78, 5) is 22.6. The van der Waals surface area contributed by atoms with Gasteiger partial charge in [-0.1, -0.05) is 0 Å². The van der Waals surface area contributed by atoms with E-state index in [2.05, 4.69) is 0 Å². The van der Waals surface area contributed by atoms with Gasteiger partial charge in [-0.25, -0.2) is 0 Å². The average molecular weight is 286 g/mol. The number of carbonyl (C=O) groups excluding carboxylic acids is 1. The molecule has 7 nitrogen and oxygen atoms in total. The maximum atomic E-state index is 12.1. The monoisotopic (exact) mass is 286 g/mol. The first-order valence-corrected chi connectivity index (χ1v) is 5.22. The Hall–Kier alpha value is -1.39. The average Bonchev–Trinajstić information content (AvgIpc) is 2.27. The molecule has 1 rings (SSSR count). The van der Waals surface area contributed by atoms with Crippen molar-refractivity contribution in [3.8, 4) is 0 Å². The van der Waals surface area contributed by atoms with Gasteiger partial charge in [0.1, 0.15) is 12.3 Å². The Kier molecular flexibility index (Phi) is 4.38. The van der Waals surface area contributed by atoms with Gasteiger partial charge in [0.05, 0.1) is 12.0 Å². The van der Waals surface area contributed by atoms with Crippen LogP contribution in [0.15, 0.2) is 0 Å². The number of likely N-dealkylation sites (tertiary alicyclic amines) is 1. The van der Waals surface area contributed by atoms with Gasteiger partial charge in [-0.15, -0.1) is 0 Å². The maximum Gasteiger partial charge on any atom is 0.471 e. The number of carboxylic acid groups (broad SMARTS) is 1. The number of likely N-dealkylation sites (N-methyl/N-ethyl adjacent to an activating group) is 1. The summed E-state index contributed by atoms with van der Waals surface area (Å²) in [6.07, 6.45) is -10.3. The van der Waals surface area contributed by atoms with Crippen molar-refractivity contribution in [3.63, 3.8) is 0 Å². The van der Waals surface area contributed by atoms with E-state index in [-0.39, 0.29) is 6.54 Å². The van der Waals surface area contributed by atoms with Crippen molar-refractivity contribution < 1.29 is 38.1 Å². The first-order valence-electron chi connectivity index (χ1n) is 5.22. The minimum atomic E-state index is -5.13. The molecule has 1 heterocycles. The lowest BCUT2D eigenvalue weighted by Crippen LogP contribution is -2.66. The zero-order valence-electron chi connectivity index (χ0n) is 9.76. The van der Waals surface area contributed by atoms with Crippen molar-refractivity contribution in [2.75, 3.05) is 13.6 Å². The summed E-state index contributed by atoms with van der Waals surface area (Å²) in [6.45, 7) is -0.309. The highest BCUT2D eigenvalue weighted by Gasteiger charge is 2.47. The van der Waals surface area contributed by atoms with Crippen molar-refractivity contribution in [2.24, 2.45) is 5.92 Å². The summed E-state index contributed by atoms with van der Waals surface area (Å²) in [6, 6.07) is 0. The zero-order chi connectivity index (χ0) is 15.0. The molecule has 4 atom stereocenters. The fourth-order valence-electron chi connectivity index (χ4n) is 1.85. The van der Waals surface area contributed by atoms with Crippen LogP contribution in [0.4, 0.5) is 13.2 Å². The molecule has 3 unspecified atom stereocenters. The molecule has 110 valence electrons. The molecule has 0 aromatic rings. The van der Waals surface area contributed by atoms with Crippen LogP contribution in [0.3, 0.4) is 0 Å². The molecule has 19 heavy (non-hydrogen) atoms. The van der Waals surface area contributed by atoms with Crippen molar-refractivity contribution in [3.05, 3.63) is 0 Å². The number of piperidine rings is 1. The van der Waals surface area contributed by atoms with Gasteiger partial charge in [0.2, 0.25) is 0 Å². The first-order chi connectivity index (χ1) is 8.55. The number of alkyl halides is 3. The summed E-state index contributed by atoms with van der Waals surface area (Å²) < 4.78 is 36.3. The Labute approximate surface area is 105 Å².